The Kier molecular flexibility index (Phi) is 5.47. The first-order valence-corrected chi connectivity index (χ1v) is 9.81. The smallest absolute Gasteiger partial charge is 0.335 e. The molecule has 0 radical (unpaired) electrons. The average molecular weight is 428 g/mol. The first-order chi connectivity index (χ1) is 15.3. The molecule has 1 aromatic heterocycles. The summed E-state index contributed by atoms with van der Waals surface area (Å²) in [6, 6.07) is 20.6. The zero-order chi connectivity index (χ0) is 22.8. The first-order valence-electron chi connectivity index (χ1n) is 9.81. The van der Waals surface area contributed by atoms with Crippen molar-refractivity contribution in [3.8, 4) is 11.1 Å². The van der Waals surface area contributed by atoms with Gasteiger partial charge in [-0.05, 0) is 53.6 Å². The predicted octanol–water partition coefficient (Wildman–Crippen LogP) is 4.61. The molecular weight excluding hydrogens is 408 g/mol. The number of hydrogen-bond acceptors (Lipinski definition) is 5. The van der Waals surface area contributed by atoms with Crippen molar-refractivity contribution in [1.82, 2.24) is 0 Å². The van der Waals surface area contributed by atoms with Crippen LogP contribution in [0.3, 0.4) is 0 Å². The van der Waals surface area contributed by atoms with E-state index < -0.39 is 11.9 Å². The molecule has 0 amide bonds. The van der Waals surface area contributed by atoms with Gasteiger partial charge in [0.1, 0.15) is 5.58 Å². The van der Waals surface area contributed by atoms with E-state index in [-0.39, 0.29) is 16.7 Å². The van der Waals surface area contributed by atoms with Crippen molar-refractivity contribution >= 4 is 28.6 Å². The van der Waals surface area contributed by atoms with Gasteiger partial charge >= 0.3 is 11.9 Å². The highest BCUT2D eigenvalue weighted by Gasteiger charge is 2.10. The summed E-state index contributed by atoms with van der Waals surface area (Å²) in [5.74, 6) is -1.95. The van der Waals surface area contributed by atoms with Crippen LogP contribution in [0.5, 0.6) is 0 Å². The lowest BCUT2D eigenvalue weighted by molar-refractivity contribution is 0.0686. The van der Waals surface area contributed by atoms with E-state index in [2.05, 4.69) is 0 Å². The third-order valence-corrected chi connectivity index (χ3v) is 5.26. The molecule has 0 aliphatic rings. The maximum absolute atomic E-state index is 11.1. The molecule has 0 saturated carbocycles. The second-order valence-corrected chi connectivity index (χ2v) is 7.45. The number of hydrogen-bond donors (Lipinski definition) is 3. The lowest BCUT2D eigenvalue weighted by Crippen LogP contribution is -2.16. The summed E-state index contributed by atoms with van der Waals surface area (Å²) in [5.41, 5.74) is 4.12. The number of benzene rings is 3. The lowest BCUT2D eigenvalue weighted by atomic mass is 10.0. The summed E-state index contributed by atoms with van der Waals surface area (Å²) in [6.07, 6.45) is 0. The fourth-order valence-electron chi connectivity index (χ4n) is 3.48. The summed E-state index contributed by atoms with van der Waals surface area (Å²) in [4.78, 5) is 24.1. The largest absolute Gasteiger partial charge is 0.478 e. The van der Waals surface area contributed by atoms with E-state index in [1.807, 2.05) is 36.2 Å². The van der Waals surface area contributed by atoms with Crippen LogP contribution in [-0.4, -0.2) is 29.2 Å². The van der Waals surface area contributed by atoms with Gasteiger partial charge in [-0.3, -0.25) is 5.41 Å². The Hall–Kier alpha value is -4.39. The van der Waals surface area contributed by atoms with Crippen LogP contribution in [0.2, 0.25) is 0 Å². The molecule has 0 bridgehead atoms. The van der Waals surface area contributed by atoms with Gasteiger partial charge in [0.15, 0.2) is 0 Å². The minimum Gasteiger partial charge on any atom is -0.478 e. The number of carbonyl (C=O) groups is 2. The Morgan fingerprint density at radius 1 is 0.875 bits per heavy atom. The van der Waals surface area contributed by atoms with Crippen LogP contribution in [-0.2, 0) is 6.54 Å². The third kappa shape index (κ3) is 4.22. The summed E-state index contributed by atoms with van der Waals surface area (Å²) in [6.45, 7) is 0.577. The number of anilines is 1. The molecule has 0 fully saturated rings. The average Bonchev–Trinajstić information content (AvgIpc) is 2.78. The van der Waals surface area contributed by atoms with Crippen LogP contribution in [0, 0.1) is 5.41 Å². The molecule has 7 nitrogen and oxygen atoms in total. The van der Waals surface area contributed by atoms with E-state index in [1.165, 1.54) is 12.1 Å². The van der Waals surface area contributed by atoms with Gasteiger partial charge in [0.2, 0.25) is 5.55 Å². The quantitative estimate of drug-likeness (QED) is 0.413. The van der Waals surface area contributed by atoms with Crippen LogP contribution in [0.15, 0.2) is 77.2 Å². The van der Waals surface area contributed by atoms with Gasteiger partial charge in [0.05, 0.1) is 11.1 Å². The molecule has 1 heterocycles. The van der Waals surface area contributed by atoms with Crippen LogP contribution < -0.4 is 10.5 Å². The molecular formula is C25H20N2O5. The fraction of sp³-hybridized carbons (Fsp3) is 0.0800. The topological polar surface area (TPSA) is 115 Å². The first kappa shape index (κ1) is 20.9. The van der Waals surface area contributed by atoms with Crippen molar-refractivity contribution in [2.75, 3.05) is 11.9 Å². The van der Waals surface area contributed by atoms with Crippen molar-refractivity contribution < 1.29 is 24.2 Å². The van der Waals surface area contributed by atoms with Crippen molar-refractivity contribution in [2.24, 2.45) is 0 Å². The zero-order valence-electron chi connectivity index (χ0n) is 17.2. The summed E-state index contributed by atoms with van der Waals surface area (Å²) < 4.78 is 5.77. The molecule has 0 atom stereocenters. The van der Waals surface area contributed by atoms with E-state index in [0.29, 0.717) is 23.3 Å². The molecule has 0 saturated heterocycles. The Labute approximate surface area is 183 Å². The molecule has 3 N–H and O–H groups in total. The Balaban J connectivity index is 1.60. The van der Waals surface area contributed by atoms with Gasteiger partial charge in [0, 0.05) is 36.3 Å². The lowest BCUT2D eigenvalue weighted by Gasteiger charge is -2.20. The van der Waals surface area contributed by atoms with Gasteiger partial charge in [-0.25, -0.2) is 9.59 Å². The molecule has 32 heavy (non-hydrogen) atoms. The van der Waals surface area contributed by atoms with Crippen LogP contribution in [0.1, 0.15) is 26.3 Å². The SMILES string of the molecule is CN(Cc1ccc(C(=O)O)cc1)c1ccc2cc(-c3ccc(C(=O)O)cc3)c(=N)oc2c1. The number of fused-ring (bicyclic) bond motifs is 1. The van der Waals surface area contributed by atoms with Gasteiger partial charge < -0.3 is 19.5 Å². The number of carboxylic acid groups (broad SMARTS) is 2. The van der Waals surface area contributed by atoms with Crippen molar-refractivity contribution in [3.63, 3.8) is 0 Å². The number of aromatic carboxylic acids is 2. The molecule has 160 valence electrons. The van der Waals surface area contributed by atoms with Gasteiger partial charge in [-0.15, -0.1) is 0 Å². The molecule has 3 aromatic carbocycles. The molecule has 7 heteroatoms. The van der Waals surface area contributed by atoms with Gasteiger partial charge in [0.25, 0.3) is 0 Å². The molecule has 4 rings (SSSR count). The molecule has 0 spiro atoms. The van der Waals surface area contributed by atoms with Crippen LogP contribution in [0.4, 0.5) is 5.69 Å². The fourth-order valence-corrected chi connectivity index (χ4v) is 3.48. The predicted molar refractivity (Wildman–Crippen MR) is 120 cm³/mol. The monoisotopic (exact) mass is 428 g/mol. The van der Waals surface area contributed by atoms with E-state index in [4.69, 9.17) is 20.0 Å². The molecule has 0 aliphatic heterocycles. The van der Waals surface area contributed by atoms with Crippen LogP contribution in [0.25, 0.3) is 22.1 Å². The minimum atomic E-state index is -1.000. The maximum Gasteiger partial charge on any atom is 0.335 e. The summed E-state index contributed by atoms with van der Waals surface area (Å²) in [5, 5.41) is 27.2. The van der Waals surface area contributed by atoms with Crippen molar-refractivity contribution in [1.29, 1.82) is 5.41 Å². The van der Waals surface area contributed by atoms with Gasteiger partial charge in [-0.2, -0.15) is 0 Å². The van der Waals surface area contributed by atoms with E-state index in [9.17, 15) is 9.59 Å². The highest BCUT2D eigenvalue weighted by molar-refractivity contribution is 5.89. The summed E-state index contributed by atoms with van der Waals surface area (Å²) >= 11 is 0. The highest BCUT2D eigenvalue weighted by Crippen LogP contribution is 2.26. The normalized spacial score (nSPS) is 10.8. The minimum absolute atomic E-state index is 0.00959. The highest BCUT2D eigenvalue weighted by atomic mass is 16.4. The number of carboxylic acids is 2. The van der Waals surface area contributed by atoms with Crippen molar-refractivity contribution in [2.45, 2.75) is 6.54 Å². The van der Waals surface area contributed by atoms with Crippen LogP contribution >= 0.6 is 0 Å². The zero-order valence-corrected chi connectivity index (χ0v) is 17.2. The van der Waals surface area contributed by atoms with E-state index in [1.54, 1.807) is 36.4 Å². The molecule has 4 aromatic rings. The maximum atomic E-state index is 11.1. The van der Waals surface area contributed by atoms with E-state index in [0.717, 1.165) is 16.6 Å². The Bertz CT molecular complexity index is 1370. The summed E-state index contributed by atoms with van der Waals surface area (Å²) in [7, 11) is 1.92. The number of nitrogens with one attached hydrogen (secondary N) is 1. The third-order valence-electron chi connectivity index (χ3n) is 5.26. The molecule has 0 unspecified atom stereocenters. The second kappa shape index (κ2) is 8.39. The molecule has 0 aliphatic carbocycles. The Morgan fingerprint density at radius 2 is 1.47 bits per heavy atom. The Morgan fingerprint density at radius 3 is 2.06 bits per heavy atom. The number of rotatable bonds is 6. The second-order valence-electron chi connectivity index (χ2n) is 7.45. The van der Waals surface area contributed by atoms with Gasteiger partial charge in [-0.1, -0.05) is 24.3 Å². The standard InChI is InChI=1S/C25H20N2O5/c1-27(14-15-2-4-17(5-3-15)24(28)29)20-11-10-19-12-21(23(26)32-22(19)13-20)16-6-8-18(9-7-16)25(30)31/h2-13,26H,14H2,1H3,(H,28,29)(H,30,31). The van der Waals surface area contributed by atoms with E-state index >= 15 is 0 Å². The number of nitrogens with zero attached hydrogens (tertiary/aromatic N) is 1. The van der Waals surface area contributed by atoms with Crippen molar-refractivity contribution in [3.05, 3.63) is 95.0 Å².